The van der Waals surface area contributed by atoms with Gasteiger partial charge < -0.3 is 4.74 Å². The van der Waals surface area contributed by atoms with Crippen molar-refractivity contribution in [1.29, 1.82) is 0 Å². The molecule has 0 bridgehead atoms. The maximum atomic E-state index is 5.95. The van der Waals surface area contributed by atoms with Gasteiger partial charge >= 0.3 is 0 Å². The highest BCUT2D eigenvalue weighted by Crippen LogP contribution is 2.31. The summed E-state index contributed by atoms with van der Waals surface area (Å²) < 4.78 is 6.94. The van der Waals surface area contributed by atoms with Crippen molar-refractivity contribution in [3.63, 3.8) is 0 Å². The molecule has 2 aromatic rings. The molecular formula is C15H14BrClO. The molecule has 0 spiro atoms. The number of hydrogen-bond donors (Lipinski definition) is 0. The Morgan fingerprint density at radius 2 is 1.83 bits per heavy atom. The molecule has 0 saturated carbocycles. The first-order chi connectivity index (χ1) is 8.60. The van der Waals surface area contributed by atoms with Gasteiger partial charge in [0.15, 0.2) is 0 Å². The molecule has 0 amide bonds. The number of aryl methyl sites for hydroxylation is 2. The fourth-order valence-electron chi connectivity index (χ4n) is 1.77. The highest BCUT2D eigenvalue weighted by atomic mass is 79.9. The highest BCUT2D eigenvalue weighted by molar-refractivity contribution is 9.10. The van der Waals surface area contributed by atoms with E-state index < -0.39 is 0 Å². The van der Waals surface area contributed by atoms with E-state index in [4.69, 9.17) is 16.3 Å². The van der Waals surface area contributed by atoms with E-state index in [0.29, 0.717) is 5.88 Å². The lowest BCUT2D eigenvalue weighted by Gasteiger charge is -2.12. The van der Waals surface area contributed by atoms with Gasteiger partial charge in [0.05, 0.1) is 5.88 Å². The van der Waals surface area contributed by atoms with E-state index in [1.807, 2.05) is 37.3 Å². The Labute approximate surface area is 121 Å². The summed E-state index contributed by atoms with van der Waals surface area (Å²) in [4.78, 5) is 0. The second kappa shape index (κ2) is 5.77. The molecule has 0 aromatic heterocycles. The SMILES string of the molecule is Cc1ccc(Oc2cc(Br)ccc2CCl)c(C)c1. The first-order valence-corrected chi connectivity index (χ1v) is 7.02. The quantitative estimate of drug-likeness (QED) is 0.668. The Bertz CT molecular complexity index is 566. The molecule has 1 nitrogen and oxygen atoms in total. The van der Waals surface area contributed by atoms with Crippen LogP contribution < -0.4 is 4.74 Å². The molecular weight excluding hydrogens is 312 g/mol. The Kier molecular flexibility index (Phi) is 4.31. The molecule has 0 aliphatic carbocycles. The lowest BCUT2D eigenvalue weighted by atomic mass is 10.1. The molecule has 0 aliphatic rings. The first kappa shape index (κ1) is 13.4. The maximum Gasteiger partial charge on any atom is 0.132 e. The average Bonchev–Trinajstić information content (AvgIpc) is 2.33. The van der Waals surface area contributed by atoms with Crippen molar-refractivity contribution in [2.24, 2.45) is 0 Å². The zero-order valence-electron chi connectivity index (χ0n) is 10.3. The van der Waals surface area contributed by atoms with Crippen molar-refractivity contribution in [3.05, 3.63) is 57.6 Å². The lowest BCUT2D eigenvalue weighted by molar-refractivity contribution is 0.474. The van der Waals surface area contributed by atoms with Crippen LogP contribution in [0.2, 0.25) is 0 Å². The number of ether oxygens (including phenoxy) is 1. The molecule has 2 aromatic carbocycles. The molecule has 0 heterocycles. The minimum absolute atomic E-state index is 0.438. The zero-order valence-corrected chi connectivity index (χ0v) is 12.7. The van der Waals surface area contributed by atoms with Crippen molar-refractivity contribution in [2.45, 2.75) is 19.7 Å². The standard InChI is InChI=1S/C15H14BrClO/c1-10-3-6-14(11(2)7-10)18-15-8-13(16)5-4-12(15)9-17/h3-8H,9H2,1-2H3. The van der Waals surface area contributed by atoms with Crippen molar-refractivity contribution in [2.75, 3.05) is 0 Å². The van der Waals surface area contributed by atoms with Crippen molar-refractivity contribution < 1.29 is 4.74 Å². The van der Waals surface area contributed by atoms with Crippen LogP contribution >= 0.6 is 27.5 Å². The van der Waals surface area contributed by atoms with E-state index >= 15 is 0 Å². The van der Waals surface area contributed by atoms with Gasteiger partial charge in [0.2, 0.25) is 0 Å². The van der Waals surface area contributed by atoms with Crippen LogP contribution in [0.15, 0.2) is 40.9 Å². The van der Waals surface area contributed by atoms with Crippen LogP contribution in [0.1, 0.15) is 16.7 Å². The van der Waals surface area contributed by atoms with E-state index in [9.17, 15) is 0 Å². The predicted octanol–water partition coefficient (Wildman–Crippen LogP) is 5.60. The maximum absolute atomic E-state index is 5.95. The van der Waals surface area contributed by atoms with Gasteiger partial charge in [-0.25, -0.2) is 0 Å². The number of alkyl halides is 1. The molecule has 0 fully saturated rings. The van der Waals surface area contributed by atoms with Crippen LogP contribution in [0.3, 0.4) is 0 Å². The van der Waals surface area contributed by atoms with Crippen LogP contribution in [0.5, 0.6) is 11.5 Å². The van der Waals surface area contributed by atoms with Crippen molar-refractivity contribution in [1.82, 2.24) is 0 Å². The summed E-state index contributed by atoms with van der Waals surface area (Å²) in [5.74, 6) is 2.10. The largest absolute Gasteiger partial charge is 0.457 e. The molecule has 0 saturated heterocycles. The second-order valence-corrected chi connectivity index (χ2v) is 5.44. The Balaban J connectivity index is 2.36. The smallest absolute Gasteiger partial charge is 0.132 e. The van der Waals surface area contributed by atoms with Crippen molar-refractivity contribution in [3.8, 4) is 11.5 Å². The van der Waals surface area contributed by atoms with Crippen LogP contribution in [-0.2, 0) is 5.88 Å². The summed E-state index contributed by atoms with van der Waals surface area (Å²) in [5.41, 5.74) is 3.34. The van der Waals surface area contributed by atoms with Crippen LogP contribution in [-0.4, -0.2) is 0 Å². The van der Waals surface area contributed by atoms with Gasteiger partial charge in [-0.05, 0) is 37.6 Å². The first-order valence-electron chi connectivity index (χ1n) is 5.69. The molecule has 0 radical (unpaired) electrons. The number of benzene rings is 2. The van der Waals surface area contributed by atoms with Crippen LogP contribution in [0.25, 0.3) is 0 Å². The Morgan fingerprint density at radius 3 is 2.50 bits per heavy atom. The minimum atomic E-state index is 0.438. The molecule has 0 N–H and O–H groups in total. The van der Waals surface area contributed by atoms with Crippen molar-refractivity contribution >= 4 is 27.5 Å². The van der Waals surface area contributed by atoms with E-state index in [1.54, 1.807) is 0 Å². The van der Waals surface area contributed by atoms with Gasteiger partial charge in [-0.3, -0.25) is 0 Å². The van der Waals surface area contributed by atoms with Gasteiger partial charge in [-0.2, -0.15) is 0 Å². The Hall–Kier alpha value is -0.990. The molecule has 0 aliphatic heterocycles. The Morgan fingerprint density at radius 1 is 1.06 bits per heavy atom. The van der Waals surface area contributed by atoms with E-state index in [0.717, 1.165) is 27.1 Å². The van der Waals surface area contributed by atoms with Gasteiger partial charge in [0.1, 0.15) is 11.5 Å². The fourth-order valence-corrected chi connectivity index (χ4v) is 2.33. The van der Waals surface area contributed by atoms with E-state index in [2.05, 4.69) is 28.9 Å². The summed E-state index contributed by atoms with van der Waals surface area (Å²) in [6.07, 6.45) is 0. The number of rotatable bonds is 3. The van der Waals surface area contributed by atoms with Gasteiger partial charge in [-0.15, -0.1) is 11.6 Å². The second-order valence-electron chi connectivity index (χ2n) is 4.26. The van der Waals surface area contributed by atoms with Crippen LogP contribution in [0, 0.1) is 13.8 Å². The topological polar surface area (TPSA) is 9.23 Å². The summed E-state index contributed by atoms with van der Waals surface area (Å²) in [6, 6.07) is 12.0. The molecule has 3 heteroatoms. The van der Waals surface area contributed by atoms with Crippen LogP contribution in [0.4, 0.5) is 0 Å². The summed E-state index contributed by atoms with van der Waals surface area (Å²) in [7, 11) is 0. The zero-order chi connectivity index (χ0) is 13.1. The fraction of sp³-hybridized carbons (Fsp3) is 0.200. The molecule has 94 valence electrons. The summed E-state index contributed by atoms with van der Waals surface area (Å²) in [5, 5.41) is 0. The third-order valence-corrected chi connectivity index (χ3v) is 3.50. The number of halogens is 2. The van der Waals surface area contributed by atoms with Gasteiger partial charge in [0, 0.05) is 10.0 Å². The number of hydrogen-bond acceptors (Lipinski definition) is 1. The molecule has 0 atom stereocenters. The summed E-state index contributed by atoms with van der Waals surface area (Å²) >= 11 is 9.37. The van der Waals surface area contributed by atoms with E-state index in [-0.39, 0.29) is 0 Å². The molecule has 18 heavy (non-hydrogen) atoms. The van der Waals surface area contributed by atoms with Gasteiger partial charge in [-0.1, -0.05) is 39.7 Å². The average molecular weight is 326 g/mol. The van der Waals surface area contributed by atoms with E-state index in [1.165, 1.54) is 5.56 Å². The lowest BCUT2D eigenvalue weighted by Crippen LogP contribution is -1.92. The summed E-state index contributed by atoms with van der Waals surface area (Å²) in [6.45, 7) is 4.11. The molecule has 0 unspecified atom stereocenters. The molecule has 2 rings (SSSR count). The third-order valence-electron chi connectivity index (χ3n) is 2.72. The minimum Gasteiger partial charge on any atom is -0.457 e. The normalized spacial score (nSPS) is 10.4. The predicted molar refractivity (Wildman–Crippen MR) is 79.7 cm³/mol. The van der Waals surface area contributed by atoms with Gasteiger partial charge in [0.25, 0.3) is 0 Å². The third kappa shape index (κ3) is 3.06. The monoisotopic (exact) mass is 324 g/mol. The highest BCUT2D eigenvalue weighted by Gasteiger charge is 2.07.